The Morgan fingerprint density at radius 3 is 2.62 bits per heavy atom. The van der Waals surface area contributed by atoms with Crippen LogP contribution in [0.25, 0.3) is 6.08 Å². The van der Waals surface area contributed by atoms with Crippen LogP contribution in [0.2, 0.25) is 0 Å². The number of halogens is 2. The second-order valence-corrected chi connectivity index (χ2v) is 8.38. The number of nitro benzene ring substituents is 1. The fourth-order valence-electron chi connectivity index (χ4n) is 2.64. The molecule has 1 aliphatic rings. The van der Waals surface area contributed by atoms with Gasteiger partial charge in [-0.3, -0.25) is 24.6 Å². The molecule has 0 radical (unpaired) electrons. The third-order valence-electron chi connectivity index (χ3n) is 4.07. The van der Waals surface area contributed by atoms with Gasteiger partial charge in [0.2, 0.25) is 0 Å². The Morgan fingerprint density at radius 1 is 1.28 bits per heavy atom. The van der Waals surface area contributed by atoms with E-state index in [2.05, 4.69) is 31.9 Å². The summed E-state index contributed by atoms with van der Waals surface area (Å²) in [5.41, 5.74) is 0.601. The van der Waals surface area contributed by atoms with Crippen molar-refractivity contribution in [2.45, 2.75) is 6.54 Å². The van der Waals surface area contributed by atoms with E-state index in [4.69, 9.17) is 4.74 Å². The average Bonchev–Trinajstić information content (AvgIpc) is 2.96. The minimum atomic E-state index is -0.562. The van der Waals surface area contributed by atoms with Gasteiger partial charge in [-0.2, -0.15) is 0 Å². The SMILES string of the molecule is COc1cc(/C=C2\SC(=O)N(Cc3ccccc3[N+](=O)[O-])C2=O)c(Br)c(Br)c1O. The number of hydrogen-bond acceptors (Lipinski definition) is 7. The molecule has 1 aliphatic heterocycles. The van der Waals surface area contributed by atoms with Gasteiger partial charge in [0.25, 0.3) is 16.8 Å². The van der Waals surface area contributed by atoms with Gasteiger partial charge in [0.05, 0.1) is 28.0 Å². The number of thioether (sulfide) groups is 1. The van der Waals surface area contributed by atoms with Gasteiger partial charge in [-0.25, -0.2) is 0 Å². The standard InChI is InChI=1S/C18H12Br2N2O6S/c1-28-12-6-10(14(19)15(20)16(12)23)7-13-17(24)21(18(25)29-13)8-9-4-2-3-5-11(9)22(26)27/h2-7,23H,8H2,1H3/b13-7-. The van der Waals surface area contributed by atoms with Crippen molar-refractivity contribution in [3.8, 4) is 11.5 Å². The molecule has 0 aliphatic carbocycles. The number of rotatable bonds is 5. The molecular formula is C18H12Br2N2O6S. The van der Waals surface area contributed by atoms with Crippen LogP contribution >= 0.6 is 43.6 Å². The Morgan fingerprint density at radius 2 is 1.97 bits per heavy atom. The van der Waals surface area contributed by atoms with Crippen LogP contribution in [-0.2, 0) is 11.3 Å². The first kappa shape index (κ1) is 21.3. The molecule has 0 saturated carbocycles. The summed E-state index contributed by atoms with van der Waals surface area (Å²) in [5.74, 6) is -0.486. The molecule has 1 heterocycles. The van der Waals surface area contributed by atoms with Crippen molar-refractivity contribution in [1.82, 2.24) is 4.90 Å². The number of benzene rings is 2. The topological polar surface area (TPSA) is 110 Å². The number of para-hydroxylation sites is 1. The van der Waals surface area contributed by atoms with E-state index in [1.165, 1.54) is 37.5 Å². The molecule has 3 rings (SSSR count). The molecule has 8 nitrogen and oxygen atoms in total. The summed E-state index contributed by atoms with van der Waals surface area (Å²) in [7, 11) is 1.39. The van der Waals surface area contributed by atoms with Crippen LogP contribution in [-0.4, -0.2) is 33.2 Å². The minimum absolute atomic E-state index is 0.110. The van der Waals surface area contributed by atoms with Crippen molar-refractivity contribution in [2.75, 3.05) is 7.11 Å². The number of methoxy groups -OCH3 is 1. The zero-order chi connectivity index (χ0) is 21.3. The van der Waals surface area contributed by atoms with Gasteiger partial charge < -0.3 is 9.84 Å². The molecule has 0 atom stereocenters. The monoisotopic (exact) mass is 542 g/mol. The lowest BCUT2D eigenvalue weighted by Gasteiger charge is -2.12. The zero-order valence-corrected chi connectivity index (χ0v) is 18.7. The number of carbonyl (C=O) groups is 2. The third kappa shape index (κ3) is 4.16. The molecule has 1 saturated heterocycles. The van der Waals surface area contributed by atoms with Crippen LogP contribution in [0.3, 0.4) is 0 Å². The number of ether oxygens (including phenoxy) is 1. The lowest BCUT2D eigenvalue weighted by atomic mass is 10.1. The molecule has 2 aromatic rings. The predicted molar refractivity (Wildman–Crippen MR) is 115 cm³/mol. The van der Waals surface area contributed by atoms with Gasteiger partial charge in [0, 0.05) is 16.1 Å². The first-order chi connectivity index (χ1) is 13.7. The van der Waals surface area contributed by atoms with Crippen LogP contribution < -0.4 is 4.74 Å². The fourth-order valence-corrected chi connectivity index (χ4v) is 4.31. The highest BCUT2D eigenvalue weighted by molar-refractivity contribution is 9.13. The quantitative estimate of drug-likeness (QED) is 0.318. The summed E-state index contributed by atoms with van der Waals surface area (Å²) in [6.45, 7) is -0.205. The Bertz CT molecular complexity index is 1070. The normalized spacial score (nSPS) is 15.3. The molecule has 0 unspecified atom stereocenters. The maximum Gasteiger partial charge on any atom is 0.293 e. The lowest BCUT2D eigenvalue weighted by Crippen LogP contribution is -2.27. The summed E-state index contributed by atoms with van der Waals surface area (Å²) < 4.78 is 5.92. The molecule has 0 bridgehead atoms. The highest BCUT2D eigenvalue weighted by Crippen LogP contribution is 2.43. The fraction of sp³-hybridized carbons (Fsp3) is 0.111. The zero-order valence-electron chi connectivity index (χ0n) is 14.7. The second-order valence-electron chi connectivity index (χ2n) is 5.80. The van der Waals surface area contributed by atoms with E-state index in [9.17, 15) is 24.8 Å². The van der Waals surface area contributed by atoms with Gasteiger partial charge in [-0.15, -0.1) is 0 Å². The molecule has 1 fully saturated rings. The van der Waals surface area contributed by atoms with E-state index in [1.54, 1.807) is 6.07 Å². The molecule has 29 heavy (non-hydrogen) atoms. The third-order valence-corrected chi connectivity index (χ3v) is 7.14. The molecule has 150 valence electrons. The summed E-state index contributed by atoms with van der Waals surface area (Å²) in [5, 5.41) is 20.7. The Labute approximate surface area is 185 Å². The Balaban J connectivity index is 1.94. The van der Waals surface area contributed by atoms with Gasteiger partial charge in [0.15, 0.2) is 11.5 Å². The van der Waals surface area contributed by atoms with Crippen molar-refractivity contribution in [3.63, 3.8) is 0 Å². The van der Waals surface area contributed by atoms with Crippen molar-refractivity contribution < 1.29 is 24.4 Å². The summed E-state index contributed by atoms with van der Waals surface area (Å²) in [6.07, 6.45) is 1.49. The van der Waals surface area contributed by atoms with Crippen LogP contribution in [0, 0.1) is 10.1 Å². The smallest absolute Gasteiger partial charge is 0.293 e. The number of amides is 2. The first-order valence-corrected chi connectivity index (χ1v) is 10.4. The average molecular weight is 544 g/mol. The van der Waals surface area contributed by atoms with Crippen LogP contribution in [0.5, 0.6) is 11.5 Å². The maximum atomic E-state index is 12.8. The lowest BCUT2D eigenvalue weighted by molar-refractivity contribution is -0.385. The Hall–Kier alpha value is -2.37. The molecule has 0 aromatic heterocycles. The van der Waals surface area contributed by atoms with Gasteiger partial charge >= 0.3 is 0 Å². The summed E-state index contributed by atoms with van der Waals surface area (Å²) in [6, 6.07) is 7.46. The second kappa shape index (κ2) is 8.56. The molecule has 11 heteroatoms. The van der Waals surface area contributed by atoms with Crippen LogP contribution in [0.4, 0.5) is 10.5 Å². The summed E-state index contributed by atoms with van der Waals surface area (Å²) in [4.78, 5) is 36.9. The van der Waals surface area contributed by atoms with E-state index in [1.807, 2.05) is 0 Å². The first-order valence-electron chi connectivity index (χ1n) is 7.97. The maximum absolute atomic E-state index is 12.8. The van der Waals surface area contributed by atoms with Crippen LogP contribution in [0.1, 0.15) is 11.1 Å². The van der Waals surface area contributed by atoms with E-state index in [-0.39, 0.29) is 34.2 Å². The van der Waals surface area contributed by atoms with Crippen LogP contribution in [0.15, 0.2) is 44.2 Å². The number of hydrogen-bond donors (Lipinski definition) is 1. The van der Waals surface area contributed by atoms with Gasteiger partial charge in [-0.05, 0) is 61.3 Å². The van der Waals surface area contributed by atoms with Crippen molar-refractivity contribution in [2.24, 2.45) is 0 Å². The highest BCUT2D eigenvalue weighted by atomic mass is 79.9. The highest BCUT2D eigenvalue weighted by Gasteiger charge is 2.36. The van der Waals surface area contributed by atoms with E-state index >= 15 is 0 Å². The molecule has 1 N–H and O–H groups in total. The molecule has 2 aromatic carbocycles. The van der Waals surface area contributed by atoms with E-state index in [0.29, 0.717) is 14.5 Å². The van der Waals surface area contributed by atoms with Gasteiger partial charge in [0.1, 0.15) is 0 Å². The van der Waals surface area contributed by atoms with Crippen molar-refractivity contribution in [3.05, 3.63) is 65.4 Å². The van der Waals surface area contributed by atoms with Gasteiger partial charge in [-0.1, -0.05) is 18.2 Å². The number of phenolic OH excluding ortho intramolecular Hbond substituents is 1. The number of nitro groups is 1. The van der Waals surface area contributed by atoms with E-state index in [0.717, 1.165) is 16.7 Å². The Kier molecular flexibility index (Phi) is 6.30. The number of carbonyl (C=O) groups excluding carboxylic acids is 2. The largest absolute Gasteiger partial charge is 0.503 e. The van der Waals surface area contributed by atoms with Crippen molar-refractivity contribution >= 4 is 66.5 Å². The summed E-state index contributed by atoms with van der Waals surface area (Å²) >= 11 is 7.30. The molecule has 0 spiro atoms. The molecular weight excluding hydrogens is 532 g/mol. The number of aromatic hydroxyl groups is 1. The minimum Gasteiger partial charge on any atom is -0.503 e. The van der Waals surface area contributed by atoms with Crippen molar-refractivity contribution in [1.29, 1.82) is 0 Å². The predicted octanol–water partition coefficient (Wildman–Crippen LogP) is 5.07. The molecule has 2 amide bonds. The number of nitrogens with zero attached hydrogens (tertiary/aromatic N) is 2. The number of phenols is 1. The number of imide groups is 1. The van der Waals surface area contributed by atoms with E-state index < -0.39 is 16.1 Å².